The lowest BCUT2D eigenvalue weighted by Crippen LogP contribution is -2.36. The Hall–Kier alpha value is -2.54. The molecule has 0 spiro atoms. The summed E-state index contributed by atoms with van der Waals surface area (Å²) < 4.78 is 16.8. The number of aromatic nitrogens is 4. The smallest absolute Gasteiger partial charge is 0.256 e. The Morgan fingerprint density at radius 2 is 1.96 bits per heavy atom. The molecule has 0 saturated carbocycles. The molecular weight excluding hydrogens is 345 g/mol. The lowest BCUT2D eigenvalue weighted by molar-refractivity contribution is 0.165. The first kappa shape index (κ1) is 17.9. The van der Waals surface area contributed by atoms with Crippen molar-refractivity contribution in [2.75, 3.05) is 13.1 Å². The molecule has 0 aromatic carbocycles. The molecule has 0 bridgehead atoms. The Kier molecular flexibility index (Phi) is 4.78. The zero-order valence-corrected chi connectivity index (χ0v) is 15.7. The summed E-state index contributed by atoms with van der Waals surface area (Å²) in [4.78, 5) is 23.6. The van der Waals surface area contributed by atoms with Gasteiger partial charge in [-0.1, -0.05) is 0 Å². The Morgan fingerprint density at radius 3 is 2.74 bits per heavy atom. The lowest BCUT2D eigenvalue weighted by Gasteiger charge is -2.31. The number of fused-ring (bicyclic) bond motifs is 1. The largest absolute Gasteiger partial charge is 0.304 e. The van der Waals surface area contributed by atoms with Gasteiger partial charge in [-0.25, -0.2) is 14.4 Å². The van der Waals surface area contributed by atoms with E-state index < -0.39 is 0 Å². The van der Waals surface area contributed by atoms with Gasteiger partial charge in [-0.05, 0) is 57.8 Å². The molecule has 0 unspecified atom stereocenters. The molecular formula is C20H24FN5O. The van der Waals surface area contributed by atoms with Gasteiger partial charge < -0.3 is 4.40 Å². The van der Waals surface area contributed by atoms with Crippen molar-refractivity contribution in [3.05, 3.63) is 64.0 Å². The molecule has 4 heterocycles. The standard InChI is InChI=1S/C20H24FN5O/c1-14-15(2)22-13-26(20(14)27)9-16-5-7-24(8-6-16)11-18-12-25-10-17(21)3-4-19(25)23-18/h3-4,10,12-13,16H,5-9,11H2,1-2H3. The molecule has 4 rings (SSSR count). The maximum Gasteiger partial charge on any atom is 0.256 e. The quantitative estimate of drug-likeness (QED) is 0.709. The van der Waals surface area contributed by atoms with Crippen molar-refractivity contribution in [3.63, 3.8) is 0 Å². The zero-order valence-electron chi connectivity index (χ0n) is 15.7. The number of rotatable bonds is 4. The highest BCUT2D eigenvalue weighted by molar-refractivity contribution is 5.39. The van der Waals surface area contributed by atoms with Crippen LogP contribution in [0.5, 0.6) is 0 Å². The third kappa shape index (κ3) is 3.78. The van der Waals surface area contributed by atoms with Crippen LogP contribution in [0.3, 0.4) is 0 Å². The fraction of sp³-hybridized carbons (Fsp3) is 0.450. The van der Waals surface area contributed by atoms with Crippen molar-refractivity contribution >= 4 is 5.65 Å². The summed E-state index contributed by atoms with van der Waals surface area (Å²) in [6.45, 7) is 7.15. The third-order valence-corrected chi connectivity index (χ3v) is 5.53. The monoisotopic (exact) mass is 369 g/mol. The van der Waals surface area contributed by atoms with E-state index in [-0.39, 0.29) is 11.4 Å². The van der Waals surface area contributed by atoms with Gasteiger partial charge >= 0.3 is 0 Å². The van der Waals surface area contributed by atoms with Crippen LogP contribution < -0.4 is 5.56 Å². The Balaban J connectivity index is 1.36. The van der Waals surface area contributed by atoms with Crippen LogP contribution in [0.4, 0.5) is 4.39 Å². The fourth-order valence-electron chi connectivity index (χ4n) is 3.73. The average Bonchev–Trinajstić information content (AvgIpc) is 3.05. The molecule has 3 aromatic heterocycles. The first-order valence-corrected chi connectivity index (χ1v) is 9.38. The second-order valence-electron chi connectivity index (χ2n) is 7.48. The first-order chi connectivity index (χ1) is 13.0. The van der Waals surface area contributed by atoms with E-state index in [1.54, 1.807) is 21.4 Å². The molecule has 142 valence electrons. The van der Waals surface area contributed by atoms with Gasteiger partial charge in [0.05, 0.1) is 12.0 Å². The van der Waals surface area contributed by atoms with Gasteiger partial charge in [-0.2, -0.15) is 0 Å². The fourth-order valence-corrected chi connectivity index (χ4v) is 3.73. The number of pyridine rings is 1. The van der Waals surface area contributed by atoms with Crippen LogP contribution >= 0.6 is 0 Å². The van der Waals surface area contributed by atoms with Crippen LogP contribution in [-0.2, 0) is 13.1 Å². The van der Waals surface area contributed by atoms with Crippen LogP contribution in [-0.4, -0.2) is 36.9 Å². The minimum Gasteiger partial charge on any atom is -0.304 e. The number of halogens is 1. The minimum absolute atomic E-state index is 0.0712. The van der Waals surface area contributed by atoms with Gasteiger partial charge in [0.25, 0.3) is 5.56 Å². The van der Waals surface area contributed by atoms with Crippen molar-refractivity contribution in [1.29, 1.82) is 0 Å². The second kappa shape index (κ2) is 7.23. The Bertz CT molecular complexity index is 1020. The number of hydrogen-bond donors (Lipinski definition) is 0. The SMILES string of the molecule is Cc1ncn(CC2CCN(Cc3cn4cc(F)ccc4n3)CC2)c(=O)c1C. The summed E-state index contributed by atoms with van der Waals surface area (Å²) in [7, 11) is 0. The molecule has 0 radical (unpaired) electrons. The van der Waals surface area contributed by atoms with Crippen molar-refractivity contribution in [1.82, 2.24) is 23.8 Å². The van der Waals surface area contributed by atoms with Gasteiger partial charge in [0, 0.05) is 36.7 Å². The molecule has 3 aromatic rings. The van der Waals surface area contributed by atoms with E-state index in [0.717, 1.165) is 61.6 Å². The second-order valence-corrected chi connectivity index (χ2v) is 7.48. The van der Waals surface area contributed by atoms with Crippen LogP contribution in [0.15, 0.2) is 35.6 Å². The highest BCUT2D eigenvalue weighted by Gasteiger charge is 2.21. The predicted octanol–water partition coefficient (Wildman–Crippen LogP) is 2.56. The van der Waals surface area contributed by atoms with Crippen LogP contribution in [0.2, 0.25) is 0 Å². The van der Waals surface area contributed by atoms with E-state index >= 15 is 0 Å². The van der Waals surface area contributed by atoms with Crippen molar-refractivity contribution in [2.45, 2.75) is 39.8 Å². The Morgan fingerprint density at radius 1 is 1.19 bits per heavy atom. The molecule has 7 heteroatoms. The molecule has 1 fully saturated rings. The highest BCUT2D eigenvalue weighted by atomic mass is 19.1. The molecule has 0 aliphatic carbocycles. The molecule has 27 heavy (non-hydrogen) atoms. The van der Waals surface area contributed by atoms with E-state index in [1.807, 2.05) is 20.0 Å². The molecule has 1 aliphatic heterocycles. The average molecular weight is 369 g/mol. The number of hydrogen-bond acceptors (Lipinski definition) is 4. The van der Waals surface area contributed by atoms with Gasteiger partial charge in [0.2, 0.25) is 0 Å². The highest BCUT2D eigenvalue weighted by Crippen LogP contribution is 2.20. The Labute approximate surface area is 157 Å². The summed E-state index contributed by atoms with van der Waals surface area (Å²) in [6, 6.07) is 3.13. The van der Waals surface area contributed by atoms with E-state index in [9.17, 15) is 9.18 Å². The van der Waals surface area contributed by atoms with Crippen LogP contribution in [0, 0.1) is 25.6 Å². The predicted molar refractivity (Wildman–Crippen MR) is 101 cm³/mol. The van der Waals surface area contributed by atoms with Gasteiger partial charge in [0.15, 0.2) is 0 Å². The number of likely N-dealkylation sites (tertiary alicyclic amines) is 1. The maximum atomic E-state index is 13.3. The van der Waals surface area contributed by atoms with Crippen LogP contribution in [0.25, 0.3) is 5.65 Å². The molecule has 1 saturated heterocycles. The molecule has 1 aliphatic rings. The molecule has 6 nitrogen and oxygen atoms in total. The zero-order chi connectivity index (χ0) is 19.0. The summed E-state index contributed by atoms with van der Waals surface area (Å²) in [5, 5.41) is 0. The first-order valence-electron chi connectivity index (χ1n) is 9.38. The number of imidazole rings is 1. The van der Waals surface area contributed by atoms with Gasteiger partial charge in [-0.15, -0.1) is 0 Å². The number of aryl methyl sites for hydroxylation is 1. The van der Waals surface area contributed by atoms with Gasteiger partial charge in [0.1, 0.15) is 11.5 Å². The summed E-state index contributed by atoms with van der Waals surface area (Å²) in [6.07, 6.45) is 7.10. The van der Waals surface area contributed by atoms with Gasteiger partial charge in [-0.3, -0.25) is 14.3 Å². The normalized spacial score (nSPS) is 16.3. The van der Waals surface area contributed by atoms with E-state index in [0.29, 0.717) is 5.92 Å². The molecule has 0 atom stereocenters. The molecule has 0 N–H and O–H groups in total. The van der Waals surface area contributed by atoms with Crippen molar-refractivity contribution < 1.29 is 4.39 Å². The van der Waals surface area contributed by atoms with E-state index in [2.05, 4.69) is 14.9 Å². The van der Waals surface area contributed by atoms with E-state index in [4.69, 9.17) is 0 Å². The number of nitrogens with zero attached hydrogens (tertiary/aromatic N) is 5. The van der Waals surface area contributed by atoms with Crippen molar-refractivity contribution in [3.8, 4) is 0 Å². The lowest BCUT2D eigenvalue weighted by atomic mass is 9.96. The third-order valence-electron chi connectivity index (χ3n) is 5.53. The minimum atomic E-state index is -0.261. The van der Waals surface area contributed by atoms with Crippen molar-refractivity contribution in [2.24, 2.45) is 5.92 Å². The summed E-state index contributed by atoms with van der Waals surface area (Å²) in [5.41, 5.74) is 3.33. The topological polar surface area (TPSA) is 55.4 Å². The molecule has 0 amide bonds. The number of piperidine rings is 1. The van der Waals surface area contributed by atoms with Crippen LogP contribution in [0.1, 0.15) is 29.8 Å². The summed E-state index contributed by atoms with van der Waals surface area (Å²) in [5.74, 6) is 0.223. The summed E-state index contributed by atoms with van der Waals surface area (Å²) >= 11 is 0. The van der Waals surface area contributed by atoms with E-state index in [1.165, 1.54) is 12.3 Å². The maximum absolute atomic E-state index is 13.3.